The van der Waals surface area contributed by atoms with Crippen LogP contribution in [-0.4, -0.2) is 18.4 Å². The van der Waals surface area contributed by atoms with Crippen molar-refractivity contribution in [3.63, 3.8) is 0 Å². The highest BCUT2D eigenvalue weighted by molar-refractivity contribution is 7.80. The molecule has 0 spiro atoms. The Morgan fingerprint density at radius 3 is 2.54 bits per heavy atom. The third-order valence-corrected chi connectivity index (χ3v) is 3.73. The fraction of sp³-hybridized carbons (Fsp3) is 0.0526. The lowest BCUT2D eigenvalue weighted by Crippen LogP contribution is -2.23. The second-order valence-corrected chi connectivity index (χ2v) is 5.53. The number of hydrazone groups is 1. The van der Waals surface area contributed by atoms with E-state index in [1.54, 1.807) is 13.3 Å². The van der Waals surface area contributed by atoms with Crippen LogP contribution in [0, 0.1) is 0 Å². The van der Waals surface area contributed by atoms with Gasteiger partial charge in [0.15, 0.2) is 5.11 Å². The number of benzene rings is 3. The lowest BCUT2D eigenvalue weighted by Gasteiger charge is -2.10. The Kier molecular flexibility index (Phi) is 5.03. The molecule has 0 aliphatic heterocycles. The molecule has 120 valence electrons. The first-order chi connectivity index (χ1) is 11.8. The van der Waals surface area contributed by atoms with Crippen molar-refractivity contribution in [1.29, 1.82) is 0 Å². The van der Waals surface area contributed by atoms with Gasteiger partial charge in [0.1, 0.15) is 5.75 Å². The fourth-order valence-electron chi connectivity index (χ4n) is 2.34. The van der Waals surface area contributed by atoms with E-state index in [0.717, 1.165) is 27.8 Å². The van der Waals surface area contributed by atoms with Gasteiger partial charge in [0, 0.05) is 11.1 Å². The summed E-state index contributed by atoms with van der Waals surface area (Å²) in [7, 11) is 1.64. The van der Waals surface area contributed by atoms with Crippen LogP contribution in [0.15, 0.2) is 71.8 Å². The summed E-state index contributed by atoms with van der Waals surface area (Å²) in [4.78, 5) is 0. The zero-order valence-electron chi connectivity index (χ0n) is 13.2. The Morgan fingerprint density at radius 1 is 1.00 bits per heavy atom. The van der Waals surface area contributed by atoms with Crippen LogP contribution in [0.25, 0.3) is 10.8 Å². The van der Waals surface area contributed by atoms with Crippen LogP contribution in [0.4, 0.5) is 5.69 Å². The number of rotatable bonds is 4. The maximum Gasteiger partial charge on any atom is 0.191 e. The summed E-state index contributed by atoms with van der Waals surface area (Å²) in [6, 6.07) is 21.8. The van der Waals surface area contributed by atoms with Crippen LogP contribution in [0.3, 0.4) is 0 Å². The molecule has 0 aliphatic rings. The van der Waals surface area contributed by atoms with Crippen molar-refractivity contribution in [2.45, 2.75) is 0 Å². The van der Waals surface area contributed by atoms with Gasteiger partial charge in [-0.05, 0) is 53.5 Å². The molecule has 2 N–H and O–H groups in total. The van der Waals surface area contributed by atoms with Crippen LogP contribution in [0.2, 0.25) is 0 Å². The number of anilines is 1. The summed E-state index contributed by atoms with van der Waals surface area (Å²) < 4.78 is 5.12. The minimum Gasteiger partial charge on any atom is -0.497 e. The number of methoxy groups -OCH3 is 1. The van der Waals surface area contributed by atoms with Gasteiger partial charge in [-0.15, -0.1) is 0 Å². The van der Waals surface area contributed by atoms with E-state index in [1.165, 1.54) is 0 Å². The molecule has 4 nitrogen and oxygen atoms in total. The molecule has 0 bridgehead atoms. The van der Waals surface area contributed by atoms with Gasteiger partial charge < -0.3 is 10.1 Å². The Morgan fingerprint density at radius 2 is 1.75 bits per heavy atom. The van der Waals surface area contributed by atoms with Gasteiger partial charge in [-0.25, -0.2) is 0 Å². The highest BCUT2D eigenvalue weighted by Gasteiger charge is 2.01. The predicted octanol–water partition coefficient (Wildman–Crippen LogP) is 4.17. The zero-order chi connectivity index (χ0) is 16.8. The Hall–Kier alpha value is -2.92. The lowest BCUT2D eigenvalue weighted by molar-refractivity contribution is 0.415. The average molecular weight is 335 g/mol. The van der Waals surface area contributed by atoms with E-state index in [0.29, 0.717) is 5.11 Å². The molecule has 0 aromatic heterocycles. The van der Waals surface area contributed by atoms with Crippen LogP contribution in [0.1, 0.15) is 5.56 Å². The Labute approximate surface area is 146 Å². The second-order valence-electron chi connectivity index (χ2n) is 5.12. The number of hydrogen-bond acceptors (Lipinski definition) is 3. The lowest BCUT2D eigenvalue weighted by atomic mass is 10.1. The first-order valence-electron chi connectivity index (χ1n) is 7.48. The van der Waals surface area contributed by atoms with Crippen molar-refractivity contribution >= 4 is 40.0 Å². The molecule has 0 heterocycles. The van der Waals surface area contributed by atoms with Crippen LogP contribution in [-0.2, 0) is 0 Å². The van der Waals surface area contributed by atoms with E-state index in [1.807, 2.05) is 48.5 Å². The molecule has 24 heavy (non-hydrogen) atoms. The van der Waals surface area contributed by atoms with Gasteiger partial charge in [-0.1, -0.05) is 36.4 Å². The summed E-state index contributed by atoms with van der Waals surface area (Å²) in [5.41, 5.74) is 4.74. The molecule has 0 atom stereocenters. The zero-order valence-corrected chi connectivity index (χ0v) is 14.0. The van der Waals surface area contributed by atoms with E-state index >= 15 is 0 Å². The molecule has 0 radical (unpaired) electrons. The topological polar surface area (TPSA) is 45.6 Å². The molecule has 5 heteroatoms. The number of nitrogens with one attached hydrogen (secondary N) is 2. The Bertz CT molecular complexity index is 870. The highest BCUT2D eigenvalue weighted by Crippen LogP contribution is 2.22. The number of nitrogens with zero attached hydrogens (tertiary/aromatic N) is 1. The SMILES string of the molecule is COc1ccc(/C=N/NC(=S)Nc2cccc3ccccc23)cc1. The average Bonchev–Trinajstić information content (AvgIpc) is 2.63. The fourth-order valence-corrected chi connectivity index (χ4v) is 2.50. The molecule has 0 fully saturated rings. The quantitative estimate of drug-likeness (QED) is 0.427. The molecule has 3 aromatic rings. The maximum absolute atomic E-state index is 5.30. The maximum atomic E-state index is 5.30. The van der Waals surface area contributed by atoms with Crippen molar-refractivity contribution in [3.8, 4) is 5.75 Å². The summed E-state index contributed by atoms with van der Waals surface area (Å²) in [5, 5.41) is 10.0. The van der Waals surface area contributed by atoms with Gasteiger partial charge >= 0.3 is 0 Å². The van der Waals surface area contributed by atoms with E-state index in [-0.39, 0.29) is 0 Å². The first kappa shape index (κ1) is 16.0. The molecular weight excluding hydrogens is 318 g/mol. The minimum absolute atomic E-state index is 0.441. The normalized spacial score (nSPS) is 10.7. The molecule has 0 aliphatic carbocycles. The monoisotopic (exact) mass is 335 g/mol. The van der Waals surface area contributed by atoms with Crippen molar-refractivity contribution in [1.82, 2.24) is 5.43 Å². The third-order valence-electron chi connectivity index (χ3n) is 3.53. The standard InChI is InChI=1S/C19H17N3OS/c1-23-16-11-9-14(10-12-16)13-20-22-19(24)21-18-8-4-6-15-5-2-3-7-17(15)18/h2-13H,1H3,(H2,21,22,24)/b20-13+. The van der Waals surface area contributed by atoms with E-state index in [2.05, 4.69) is 34.0 Å². The summed E-state index contributed by atoms with van der Waals surface area (Å²) in [6.45, 7) is 0. The largest absolute Gasteiger partial charge is 0.497 e. The Balaban J connectivity index is 1.63. The number of thiocarbonyl (C=S) groups is 1. The molecule has 0 saturated heterocycles. The summed E-state index contributed by atoms with van der Waals surface area (Å²) in [5.74, 6) is 0.813. The van der Waals surface area contributed by atoms with Crippen LogP contribution >= 0.6 is 12.2 Å². The van der Waals surface area contributed by atoms with Gasteiger partial charge in [-0.2, -0.15) is 5.10 Å². The number of hydrogen-bond donors (Lipinski definition) is 2. The molecule has 0 amide bonds. The van der Waals surface area contributed by atoms with Gasteiger partial charge in [0.25, 0.3) is 0 Å². The van der Waals surface area contributed by atoms with Crippen molar-refractivity contribution in [2.24, 2.45) is 5.10 Å². The number of ether oxygens (including phenoxy) is 1. The van der Waals surface area contributed by atoms with E-state index < -0.39 is 0 Å². The van der Waals surface area contributed by atoms with E-state index in [9.17, 15) is 0 Å². The van der Waals surface area contributed by atoms with Crippen molar-refractivity contribution in [3.05, 3.63) is 72.3 Å². The molecule has 3 aromatic carbocycles. The van der Waals surface area contributed by atoms with Gasteiger partial charge in [0.05, 0.1) is 13.3 Å². The summed E-state index contributed by atoms with van der Waals surface area (Å²) in [6.07, 6.45) is 1.70. The number of fused-ring (bicyclic) bond motifs is 1. The van der Waals surface area contributed by atoms with Crippen LogP contribution in [0.5, 0.6) is 5.75 Å². The minimum atomic E-state index is 0.441. The van der Waals surface area contributed by atoms with Gasteiger partial charge in [0.2, 0.25) is 0 Å². The smallest absolute Gasteiger partial charge is 0.191 e. The second kappa shape index (κ2) is 7.57. The van der Waals surface area contributed by atoms with Crippen LogP contribution < -0.4 is 15.5 Å². The predicted molar refractivity (Wildman–Crippen MR) is 104 cm³/mol. The van der Waals surface area contributed by atoms with Crippen molar-refractivity contribution < 1.29 is 4.74 Å². The van der Waals surface area contributed by atoms with Crippen molar-refractivity contribution in [2.75, 3.05) is 12.4 Å². The van der Waals surface area contributed by atoms with Gasteiger partial charge in [-0.3, -0.25) is 5.43 Å². The molecule has 3 rings (SSSR count). The highest BCUT2D eigenvalue weighted by atomic mass is 32.1. The molecular formula is C19H17N3OS. The van der Waals surface area contributed by atoms with E-state index in [4.69, 9.17) is 17.0 Å². The molecule has 0 unspecified atom stereocenters. The summed E-state index contributed by atoms with van der Waals surface area (Å²) >= 11 is 5.30. The first-order valence-corrected chi connectivity index (χ1v) is 7.89. The third kappa shape index (κ3) is 3.88. The molecule has 0 saturated carbocycles.